The molecule has 0 bridgehead atoms. The van der Waals surface area contributed by atoms with Crippen LogP contribution in [-0.4, -0.2) is 36.5 Å². The highest BCUT2D eigenvalue weighted by Crippen LogP contribution is 2.07. The molecule has 106 valence electrons. The van der Waals surface area contributed by atoms with Gasteiger partial charge in [-0.15, -0.1) is 11.3 Å². The smallest absolute Gasteiger partial charge is 0.239 e. The SMILES string of the molecule is CN=C(NCC(=O)NC(C)C)NCc1nc(C)cs1. The predicted octanol–water partition coefficient (Wildman–Crippen LogP) is 0.641. The first-order valence-corrected chi connectivity index (χ1v) is 7.04. The fourth-order valence-corrected chi connectivity index (χ4v) is 2.11. The van der Waals surface area contributed by atoms with Gasteiger partial charge in [-0.3, -0.25) is 9.79 Å². The maximum Gasteiger partial charge on any atom is 0.239 e. The molecular formula is C12H21N5OS. The molecule has 0 saturated carbocycles. The molecule has 1 amide bonds. The molecule has 6 nitrogen and oxygen atoms in total. The zero-order valence-electron chi connectivity index (χ0n) is 11.8. The zero-order chi connectivity index (χ0) is 14.3. The van der Waals surface area contributed by atoms with Gasteiger partial charge in [0.25, 0.3) is 0 Å². The fraction of sp³-hybridized carbons (Fsp3) is 0.583. The zero-order valence-corrected chi connectivity index (χ0v) is 12.6. The highest BCUT2D eigenvalue weighted by Gasteiger charge is 2.05. The molecule has 1 heterocycles. The molecule has 0 aliphatic heterocycles. The van der Waals surface area contributed by atoms with Crippen molar-refractivity contribution in [1.29, 1.82) is 0 Å². The van der Waals surface area contributed by atoms with Crippen molar-refractivity contribution in [3.63, 3.8) is 0 Å². The molecule has 0 unspecified atom stereocenters. The number of aryl methyl sites for hydroxylation is 1. The lowest BCUT2D eigenvalue weighted by molar-refractivity contribution is -0.120. The summed E-state index contributed by atoms with van der Waals surface area (Å²) in [6.45, 7) is 6.62. The summed E-state index contributed by atoms with van der Waals surface area (Å²) in [4.78, 5) is 19.9. The Balaban J connectivity index is 2.32. The molecule has 0 saturated heterocycles. The Morgan fingerprint density at radius 1 is 1.47 bits per heavy atom. The number of hydrogen-bond donors (Lipinski definition) is 3. The average molecular weight is 283 g/mol. The van der Waals surface area contributed by atoms with Gasteiger partial charge in [-0.1, -0.05) is 0 Å². The molecule has 1 aromatic heterocycles. The Labute approximate surface area is 117 Å². The van der Waals surface area contributed by atoms with Gasteiger partial charge in [-0.2, -0.15) is 0 Å². The van der Waals surface area contributed by atoms with E-state index in [9.17, 15) is 4.79 Å². The van der Waals surface area contributed by atoms with Crippen LogP contribution in [-0.2, 0) is 11.3 Å². The van der Waals surface area contributed by atoms with E-state index < -0.39 is 0 Å². The van der Waals surface area contributed by atoms with Gasteiger partial charge in [0.2, 0.25) is 5.91 Å². The fourth-order valence-electron chi connectivity index (χ4n) is 1.40. The van der Waals surface area contributed by atoms with Gasteiger partial charge < -0.3 is 16.0 Å². The van der Waals surface area contributed by atoms with E-state index in [0.717, 1.165) is 10.7 Å². The molecule has 0 aromatic carbocycles. The molecule has 0 aliphatic rings. The number of carbonyl (C=O) groups is 1. The highest BCUT2D eigenvalue weighted by atomic mass is 32.1. The molecule has 0 radical (unpaired) electrons. The monoisotopic (exact) mass is 283 g/mol. The van der Waals surface area contributed by atoms with Crippen molar-refractivity contribution in [3.8, 4) is 0 Å². The van der Waals surface area contributed by atoms with Crippen LogP contribution in [0, 0.1) is 6.92 Å². The molecular weight excluding hydrogens is 262 g/mol. The van der Waals surface area contributed by atoms with Gasteiger partial charge >= 0.3 is 0 Å². The molecule has 0 fully saturated rings. The van der Waals surface area contributed by atoms with Gasteiger partial charge in [-0.05, 0) is 20.8 Å². The first kappa shape index (κ1) is 15.4. The Morgan fingerprint density at radius 3 is 2.74 bits per heavy atom. The first-order valence-electron chi connectivity index (χ1n) is 6.16. The Bertz CT molecular complexity index is 441. The van der Waals surface area contributed by atoms with Gasteiger partial charge in [0.15, 0.2) is 5.96 Å². The maximum absolute atomic E-state index is 11.5. The number of aliphatic imine (C=N–C) groups is 1. The van der Waals surface area contributed by atoms with Crippen molar-refractivity contribution in [3.05, 3.63) is 16.1 Å². The number of carbonyl (C=O) groups excluding carboxylic acids is 1. The van der Waals surface area contributed by atoms with Crippen LogP contribution in [0.25, 0.3) is 0 Å². The number of amides is 1. The van der Waals surface area contributed by atoms with Gasteiger partial charge in [-0.25, -0.2) is 4.98 Å². The van der Waals surface area contributed by atoms with Crippen LogP contribution in [0.1, 0.15) is 24.5 Å². The lowest BCUT2D eigenvalue weighted by Gasteiger charge is -2.12. The highest BCUT2D eigenvalue weighted by molar-refractivity contribution is 7.09. The van der Waals surface area contributed by atoms with Crippen LogP contribution in [0.5, 0.6) is 0 Å². The molecule has 1 aromatic rings. The maximum atomic E-state index is 11.5. The Hall–Kier alpha value is -1.63. The normalized spacial score (nSPS) is 11.5. The molecule has 1 rings (SSSR count). The number of hydrogen-bond acceptors (Lipinski definition) is 4. The number of nitrogens with zero attached hydrogens (tertiary/aromatic N) is 2. The largest absolute Gasteiger partial charge is 0.352 e. The van der Waals surface area contributed by atoms with E-state index in [1.54, 1.807) is 18.4 Å². The molecule has 7 heteroatoms. The summed E-state index contributed by atoms with van der Waals surface area (Å²) in [5.41, 5.74) is 1.01. The summed E-state index contributed by atoms with van der Waals surface area (Å²) < 4.78 is 0. The second kappa shape index (κ2) is 7.73. The van der Waals surface area contributed by atoms with Gasteiger partial charge in [0, 0.05) is 24.2 Å². The van der Waals surface area contributed by atoms with Crippen molar-refractivity contribution in [1.82, 2.24) is 20.9 Å². The standard InChI is InChI=1S/C12H21N5OS/c1-8(2)16-10(18)5-14-12(13-4)15-6-11-17-9(3)7-19-11/h7-8H,5-6H2,1-4H3,(H,16,18)(H2,13,14,15). The summed E-state index contributed by atoms with van der Waals surface area (Å²) in [6, 6.07) is 0.141. The summed E-state index contributed by atoms with van der Waals surface area (Å²) in [5, 5.41) is 11.9. The average Bonchev–Trinajstić information content (AvgIpc) is 2.74. The number of rotatable bonds is 5. The van der Waals surface area contributed by atoms with Crippen LogP contribution >= 0.6 is 11.3 Å². The topological polar surface area (TPSA) is 78.4 Å². The van der Waals surface area contributed by atoms with Crippen molar-refractivity contribution in [2.24, 2.45) is 4.99 Å². The van der Waals surface area contributed by atoms with Crippen molar-refractivity contribution in [2.45, 2.75) is 33.4 Å². The van der Waals surface area contributed by atoms with Crippen LogP contribution in [0.2, 0.25) is 0 Å². The predicted molar refractivity (Wildman–Crippen MR) is 78.3 cm³/mol. The van der Waals surface area contributed by atoms with Crippen molar-refractivity contribution < 1.29 is 4.79 Å². The van der Waals surface area contributed by atoms with Crippen LogP contribution in [0.15, 0.2) is 10.4 Å². The second-order valence-corrected chi connectivity index (χ2v) is 5.33. The number of aromatic nitrogens is 1. The van der Waals surface area contributed by atoms with Gasteiger partial charge in [0.1, 0.15) is 5.01 Å². The summed E-state index contributed by atoms with van der Waals surface area (Å²) in [5.74, 6) is 0.537. The van der Waals surface area contributed by atoms with E-state index in [0.29, 0.717) is 12.5 Å². The third-order valence-corrected chi connectivity index (χ3v) is 3.13. The Morgan fingerprint density at radius 2 is 2.21 bits per heavy atom. The summed E-state index contributed by atoms with van der Waals surface area (Å²) >= 11 is 1.60. The lowest BCUT2D eigenvalue weighted by Crippen LogP contribution is -2.44. The molecule has 3 N–H and O–H groups in total. The summed E-state index contributed by atoms with van der Waals surface area (Å²) in [7, 11) is 1.67. The van der Waals surface area contributed by atoms with E-state index in [2.05, 4.69) is 25.9 Å². The van der Waals surface area contributed by atoms with E-state index in [1.165, 1.54) is 0 Å². The summed E-state index contributed by atoms with van der Waals surface area (Å²) in [6.07, 6.45) is 0. The van der Waals surface area contributed by atoms with E-state index in [-0.39, 0.29) is 18.5 Å². The van der Waals surface area contributed by atoms with Crippen LogP contribution in [0.3, 0.4) is 0 Å². The van der Waals surface area contributed by atoms with Crippen LogP contribution < -0.4 is 16.0 Å². The lowest BCUT2D eigenvalue weighted by atomic mass is 10.4. The minimum atomic E-state index is -0.0527. The van der Waals surface area contributed by atoms with E-state index in [1.807, 2.05) is 26.2 Å². The number of thiazole rings is 1. The van der Waals surface area contributed by atoms with E-state index in [4.69, 9.17) is 0 Å². The number of nitrogens with one attached hydrogen (secondary N) is 3. The molecule has 0 spiro atoms. The minimum Gasteiger partial charge on any atom is -0.352 e. The quantitative estimate of drug-likeness (QED) is 0.547. The minimum absolute atomic E-state index is 0.0527. The van der Waals surface area contributed by atoms with E-state index >= 15 is 0 Å². The van der Waals surface area contributed by atoms with Crippen molar-refractivity contribution >= 4 is 23.2 Å². The molecule has 0 aliphatic carbocycles. The van der Waals surface area contributed by atoms with Crippen LogP contribution in [0.4, 0.5) is 0 Å². The Kier molecular flexibility index (Phi) is 6.27. The van der Waals surface area contributed by atoms with Crippen molar-refractivity contribution in [2.75, 3.05) is 13.6 Å². The number of guanidine groups is 1. The molecule has 0 atom stereocenters. The first-order chi connectivity index (χ1) is 9.01. The second-order valence-electron chi connectivity index (χ2n) is 4.38. The van der Waals surface area contributed by atoms with Gasteiger partial charge in [0.05, 0.1) is 13.1 Å². The third-order valence-electron chi connectivity index (χ3n) is 2.16. The third kappa shape index (κ3) is 6.19. The molecule has 19 heavy (non-hydrogen) atoms.